The number of carbonyl (C=O) groups is 3. The van der Waals surface area contributed by atoms with E-state index >= 15 is 0 Å². The molecule has 3 N–H and O–H groups in total. The topological polar surface area (TPSA) is 97.5 Å². The Labute approximate surface area is 115 Å². The highest BCUT2D eigenvalue weighted by Crippen LogP contribution is 2.18. The molecule has 0 aromatic heterocycles. The summed E-state index contributed by atoms with van der Waals surface area (Å²) >= 11 is 0. The van der Waals surface area contributed by atoms with Gasteiger partial charge in [0, 0.05) is 24.7 Å². The van der Waals surface area contributed by atoms with E-state index in [0.29, 0.717) is 0 Å². The fourth-order valence-electron chi connectivity index (χ4n) is 1.24. The van der Waals surface area contributed by atoms with E-state index in [1.165, 1.54) is 0 Å². The van der Waals surface area contributed by atoms with Gasteiger partial charge < -0.3 is 10.8 Å². The molecule has 0 radical (unpaired) electrons. The van der Waals surface area contributed by atoms with Crippen molar-refractivity contribution in [2.24, 2.45) is 11.1 Å². The van der Waals surface area contributed by atoms with Crippen molar-refractivity contribution in [2.45, 2.75) is 52.5 Å². The molecule has 0 rings (SSSR count). The average Bonchev–Trinajstić information content (AvgIpc) is 2.20. The van der Waals surface area contributed by atoms with Crippen LogP contribution in [-0.4, -0.2) is 28.7 Å². The van der Waals surface area contributed by atoms with Gasteiger partial charge in [0.2, 0.25) is 0 Å². The molecule has 0 bridgehead atoms. The van der Waals surface area contributed by atoms with Crippen molar-refractivity contribution < 1.29 is 19.5 Å². The molecule has 1 atom stereocenters. The van der Waals surface area contributed by atoms with E-state index in [1.807, 2.05) is 0 Å². The molecule has 5 nitrogen and oxygen atoms in total. The number of carboxylic acid groups (broad SMARTS) is 1. The third-order valence-corrected chi connectivity index (χ3v) is 2.52. The number of Topliss-reactive ketones (excluding diaryl/α,β-unsaturated/α-hetero) is 2. The minimum Gasteiger partial charge on any atom is -0.481 e. The number of aliphatic carboxylic acids is 1. The molecule has 0 aliphatic rings. The number of hydrogen-bond acceptors (Lipinski definition) is 4. The van der Waals surface area contributed by atoms with Crippen LogP contribution in [0, 0.1) is 5.41 Å². The van der Waals surface area contributed by atoms with Crippen molar-refractivity contribution in [1.29, 1.82) is 0 Å². The number of rotatable bonds is 7. The van der Waals surface area contributed by atoms with Crippen LogP contribution in [0.25, 0.3) is 0 Å². The van der Waals surface area contributed by atoms with E-state index in [-0.39, 0.29) is 50.7 Å². The monoisotopic (exact) mass is 277 g/mol. The van der Waals surface area contributed by atoms with E-state index in [1.54, 1.807) is 20.8 Å². The Hall–Kier alpha value is -0.880. The molecular formula is C12H23NO4S. The highest BCUT2D eigenvalue weighted by Gasteiger charge is 2.23. The van der Waals surface area contributed by atoms with Crippen LogP contribution in [0.4, 0.5) is 0 Å². The molecular weight excluding hydrogens is 254 g/mol. The maximum absolute atomic E-state index is 11.6. The lowest BCUT2D eigenvalue weighted by Gasteiger charge is -2.16. The lowest BCUT2D eigenvalue weighted by molar-refractivity contribution is -0.137. The Morgan fingerprint density at radius 3 is 2.00 bits per heavy atom. The molecule has 0 saturated carbocycles. The maximum atomic E-state index is 11.6. The SMILES string of the molecule is CC(C)(C)C(=O)CCC(=O)[C@@H](N)CCC(=O)O.S. The Morgan fingerprint density at radius 2 is 1.61 bits per heavy atom. The maximum Gasteiger partial charge on any atom is 0.303 e. The first kappa shape index (κ1) is 19.5. The number of carboxylic acids is 1. The van der Waals surface area contributed by atoms with Crippen LogP contribution in [0.1, 0.15) is 46.5 Å². The van der Waals surface area contributed by atoms with Crippen LogP contribution in [0.3, 0.4) is 0 Å². The predicted octanol–water partition coefficient (Wildman–Crippen LogP) is 1.26. The third kappa shape index (κ3) is 8.25. The largest absolute Gasteiger partial charge is 0.481 e. The number of hydrogen-bond donors (Lipinski definition) is 2. The summed E-state index contributed by atoms with van der Waals surface area (Å²) in [7, 11) is 0. The fourth-order valence-corrected chi connectivity index (χ4v) is 1.24. The van der Waals surface area contributed by atoms with E-state index < -0.39 is 17.4 Å². The Bertz CT molecular complexity index is 310. The van der Waals surface area contributed by atoms with Crippen molar-refractivity contribution in [3.05, 3.63) is 0 Å². The third-order valence-electron chi connectivity index (χ3n) is 2.52. The van der Waals surface area contributed by atoms with Gasteiger partial charge in [-0.2, -0.15) is 13.5 Å². The molecule has 0 saturated heterocycles. The summed E-state index contributed by atoms with van der Waals surface area (Å²) in [6.07, 6.45) is 0.262. The summed E-state index contributed by atoms with van der Waals surface area (Å²) in [4.78, 5) is 33.4. The van der Waals surface area contributed by atoms with Gasteiger partial charge in [-0.05, 0) is 6.42 Å². The van der Waals surface area contributed by atoms with Gasteiger partial charge in [0.15, 0.2) is 0 Å². The van der Waals surface area contributed by atoms with Crippen LogP contribution in [0.5, 0.6) is 0 Å². The molecule has 18 heavy (non-hydrogen) atoms. The van der Waals surface area contributed by atoms with Crippen molar-refractivity contribution in [1.82, 2.24) is 0 Å². The van der Waals surface area contributed by atoms with Crippen molar-refractivity contribution >= 4 is 31.0 Å². The average molecular weight is 277 g/mol. The lowest BCUT2D eigenvalue weighted by atomic mass is 9.87. The van der Waals surface area contributed by atoms with Gasteiger partial charge in [-0.15, -0.1) is 0 Å². The highest BCUT2D eigenvalue weighted by atomic mass is 32.1. The first-order valence-electron chi connectivity index (χ1n) is 5.68. The van der Waals surface area contributed by atoms with Gasteiger partial charge in [0.25, 0.3) is 0 Å². The molecule has 0 aromatic carbocycles. The molecule has 6 heteroatoms. The van der Waals surface area contributed by atoms with Crippen molar-refractivity contribution in [2.75, 3.05) is 0 Å². The Balaban J connectivity index is 0. The summed E-state index contributed by atoms with van der Waals surface area (Å²) in [6.45, 7) is 5.39. The molecule has 0 aliphatic heterocycles. The second-order valence-electron chi connectivity index (χ2n) is 5.18. The summed E-state index contributed by atoms with van der Waals surface area (Å²) in [5.74, 6) is -1.21. The summed E-state index contributed by atoms with van der Waals surface area (Å²) in [6, 6.07) is -0.779. The normalized spacial score (nSPS) is 12.4. The minimum atomic E-state index is -0.973. The van der Waals surface area contributed by atoms with Gasteiger partial charge in [0.05, 0.1) is 6.04 Å². The molecule has 0 aliphatic carbocycles. The van der Waals surface area contributed by atoms with Crippen molar-refractivity contribution in [3.8, 4) is 0 Å². The van der Waals surface area contributed by atoms with Gasteiger partial charge >= 0.3 is 5.97 Å². The summed E-state index contributed by atoms with van der Waals surface area (Å²) in [5.41, 5.74) is 5.08. The second kappa shape index (κ2) is 8.26. The van der Waals surface area contributed by atoms with Gasteiger partial charge in [0.1, 0.15) is 11.6 Å². The van der Waals surface area contributed by atoms with Gasteiger partial charge in [-0.25, -0.2) is 0 Å². The minimum absolute atomic E-state index is 0. The van der Waals surface area contributed by atoms with Crippen LogP contribution < -0.4 is 5.73 Å². The molecule has 0 aromatic rings. The van der Waals surface area contributed by atoms with Crippen LogP contribution in [0.15, 0.2) is 0 Å². The van der Waals surface area contributed by atoms with E-state index in [4.69, 9.17) is 10.8 Å². The Kier molecular flexibility index (Phi) is 8.93. The predicted molar refractivity (Wildman–Crippen MR) is 73.9 cm³/mol. The number of carbonyl (C=O) groups excluding carboxylic acids is 2. The zero-order valence-electron chi connectivity index (χ0n) is 11.2. The molecule has 106 valence electrons. The Morgan fingerprint density at radius 1 is 1.11 bits per heavy atom. The van der Waals surface area contributed by atoms with Gasteiger partial charge in [-0.3, -0.25) is 14.4 Å². The smallest absolute Gasteiger partial charge is 0.303 e. The molecule has 0 heterocycles. The lowest BCUT2D eigenvalue weighted by Crippen LogP contribution is -2.32. The summed E-state index contributed by atoms with van der Waals surface area (Å²) in [5, 5.41) is 8.45. The van der Waals surface area contributed by atoms with Crippen LogP contribution in [-0.2, 0) is 14.4 Å². The first-order valence-corrected chi connectivity index (χ1v) is 5.68. The van der Waals surface area contributed by atoms with Crippen molar-refractivity contribution in [3.63, 3.8) is 0 Å². The van der Waals surface area contributed by atoms with E-state index in [0.717, 1.165) is 0 Å². The zero-order valence-corrected chi connectivity index (χ0v) is 12.2. The van der Waals surface area contributed by atoms with Crippen LogP contribution >= 0.6 is 13.5 Å². The van der Waals surface area contributed by atoms with E-state index in [9.17, 15) is 14.4 Å². The molecule has 0 fully saturated rings. The zero-order chi connectivity index (χ0) is 13.6. The highest BCUT2D eigenvalue weighted by molar-refractivity contribution is 7.59. The molecule has 0 spiro atoms. The fraction of sp³-hybridized carbons (Fsp3) is 0.750. The molecule has 0 amide bonds. The summed E-state index contributed by atoms with van der Waals surface area (Å²) < 4.78 is 0. The quantitative estimate of drug-likeness (QED) is 0.730. The van der Waals surface area contributed by atoms with Crippen LogP contribution in [0.2, 0.25) is 0 Å². The standard InChI is InChI=1S/C12H21NO4.H2S/c1-12(2,3)10(15)6-5-9(14)8(13)4-7-11(16)17;/h8H,4-7,13H2,1-3H3,(H,16,17);1H2/t8-;/m0./s1. The molecule has 0 unspecified atom stereocenters. The number of nitrogens with two attached hydrogens (primary N) is 1. The second-order valence-corrected chi connectivity index (χ2v) is 5.18. The first-order chi connectivity index (χ1) is 7.64. The van der Waals surface area contributed by atoms with E-state index in [2.05, 4.69) is 0 Å². The number of ketones is 2. The van der Waals surface area contributed by atoms with Gasteiger partial charge in [-0.1, -0.05) is 20.8 Å².